The van der Waals surface area contributed by atoms with E-state index in [9.17, 15) is 4.39 Å². The van der Waals surface area contributed by atoms with Gasteiger partial charge < -0.3 is 15.9 Å². The summed E-state index contributed by atoms with van der Waals surface area (Å²) in [5.74, 6) is 0.518. The summed E-state index contributed by atoms with van der Waals surface area (Å²) in [5, 5.41) is 17.6. The second-order valence-electron chi connectivity index (χ2n) is 3.20. The Balaban J connectivity index is 2.44. The summed E-state index contributed by atoms with van der Waals surface area (Å²) >= 11 is 1.37. The number of hydrogen-bond donors (Lipinski definition) is 3. The first-order valence-corrected chi connectivity index (χ1v) is 5.69. The maximum Gasteiger partial charge on any atom is 0.129 e. The van der Waals surface area contributed by atoms with E-state index in [1.54, 1.807) is 12.1 Å². The lowest BCUT2D eigenvalue weighted by atomic mass is 10.2. The Kier molecular flexibility index (Phi) is 4.87. The lowest BCUT2D eigenvalue weighted by Crippen LogP contribution is -2.14. The van der Waals surface area contributed by atoms with Crippen LogP contribution in [0.2, 0.25) is 0 Å². The van der Waals surface area contributed by atoms with Crippen LogP contribution in [0, 0.1) is 5.82 Å². The molecule has 0 bridgehead atoms. The molecule has 84 valence electrons. The topological polar surface area (TPSA) is 66.5 Å². The Morgan fingerprint density at radius 2 is 2.20 bits per heavy atom. The minimum Gasteiger partial charge on any atom is -0.399 e. The number of nitrogens with two attached hydrogens (primary N) is 1. The fourth-order valence-corrected chi connectivity index (χ4v) is 1.99. The summed E-state index contributed by atoms with van der Waals surface area (Å²) in [6.07, 6.45) is -0.744. The first kappa shape index (κ1) is 12.3. The predicted molar refractivity (Wildman–Crippen MR) is 60.1 cm³/mol. The third-order valence-electron chi connectivity index (χ3n) is 1.86. The number of aliphatic hydroxyl groups is 2. The van der Waals surface area contributed by atoms with Crippen LogP contribution in [-0.4, -0.2) is 28.7 Å². The zero-order chi connectivity index (χ0) is 11.3. The minimum atomic E-state index is -0.744. The molecule has 0 fully saturated rings. The molecule has 1 rings (SSSR count). The Bertz CT molecular complexity index is 322. The molecule has 0 saturated heterocycles. The van der Waals surface area contributed by atoms with E-state index in [-0.39, 0.29) is 12.4 Å². The van der Waals surface area contributed by atoms with Crippen molar-refractivity contribution in [2.45, 2.75) is 11.9 Å². The van der Waals surface area contributed by atoms with E-state index in [1.807, 2.05) is 0 Å². The van der Waals surface area contributed by atoms with Gasteiger partial charge in [-0.05, 0) is 17.7 Å². The molecule has 0 spiro atoms. The lowest BCUT2D eigenvalue weighted by molar-refractivity contribution is 0.113. The van der Waals surface area contributed by atoms with Crippen LogP contribution >= 0.6 is 11.8 Å². The largest absolute Gasteiger partial charge is 0.399 e. The average molecular weight is 231 g/mol. The Morgan fingerprint density at radius 3 is 2.80 bits per heavy atom. The van der Waals surface area contributed by atoms with Crippen molar-refractivity contribution in [2.75, 3.05) is 18.1 Å². The molecule has 0 radical (unpaired) electrons. The summed E-state index contributed by atoms with van der Waals surface area (Å²) in [6.45, 7) is -0.267. The quantitative estimate of drug-likeness (QED) is 0.661. The monoisotopic (exact) mass is 231 g/mol. The normalized spacial score (nSPS) is 12.7. The molecule has 0 aliphatic heterocycles. The SMILES string of the molecule is Nc1ccc(CSCC(O)CO)c(F)c1. The van der Waals surface area contributed by atoms with Crippen molar-refractivity contribution in [1.82, 2.24) is 0 Å². The summed E-state index contributed by atoms with van der Waals surface area (Å²) in [5.41, 5.74) is 6.36. The molecule has 0 aliphatic carbocycles. The number of thioether (sulfide) groups is 1. The van der Waals surface area contributed by atoms with Gasteiger partial charge in [-0.1, -0.05) is 6.07 Å². The highest BCUT2D eigenvalue weighted by Crippen LogP contribution is 2.18. The van der Waals surface area contributed by atoms with Crippen molar-refractivity contribution in [2.24, 2.45) is 0 Å². The molecule has 0 aromatic heterocycles. The van der Waals surface area contributed by atoms with Gasteiger partial charge in [-0.2, -0.15) is 11.8 Å². The second-order valence-corrected chi connectivity index (χ2v) is 4.23. The first-order valence-electron chi connectivity index (χ1n) is 4.54. The Morgan fingerprint density at radius 1 is 1.47 bits per heavy atom. The van der Waals surface area contributed by atoms with Crippen LogP contribution in [0.4, 0.5) is 10.1 Å². The fraction of sp³-hybridized carbons (Fsp3) is 0.400. The van der Waals surface area contributed by atoms with E-state index >= 15 is 0 Å². The number of rotatable bonds is 5. The lowest BCUT2D eigenvalue weighted by Gasteiger charge is -2.07. The highest BCUT2D eigenvalue weighted by atomic mass is 32.2. The number of aliphatic hydroxyl groups excluding tert-OH is 2. The van der Waals surface area contributed by atoms with Gasteiger partial charge in [0.1, 0.15) is 5.82 Å². The minimum absolute atomic E-state index is 0.267. The molecule has 1 atom stereocenters. The van der Waals surface area contributed by atoms with Gasteiger partial charge in [0, 0.05) is 17.2 Å². The average Bonchev–Trinajstić information content (AvgIpc) is 2.21. The summed E-state index contributed by atoms with van der Waals surface area (Å²) in [7, 11) is 0. The summed E-state index contributed by atoms with van der Waals surface area (Å²) < 4.78 is 13.3. The van der Waals surface area contributed by atoms with Gasteiger partial charge in [0.25, 0.3) is 0 Å². The molecule has 15 heavy (non-hydrogen) atoms. The fourth-order valence-electron chi connectivity index (χ4n) is 1.04. The number of halogens is 1. The van der Waals surface area contributed by atoms with E-state index in [4.69, 9.17) is 15.9 Å². The molecule has 1 unspecified atom stereocenters. The van der Waals surface area contributed by atoms with Gasteiger partial charge >= 0.3 is 0 Å². The molecule has 3 nitrogen and oxygen atoms in total. The van der Waals surface area contributed by atoms with Gasteiger partial charge in [0.15, 0.2) is 0 Å². The van der Waals surface area contributed by atoms with Gasteiger partial charge in [-0.15, -0.1) is 0 Å². The van der Waals surface area contributed by atoms with Crippen molar-refractivity contribution in [3.05, 3.63) is 29.6 Å². The van der Waals surface area contributed by atoms with E-state index in [0.717, 1.165) is 0 Å². The van der Waals surface area contributed by atoms with Crippen molar-refractivity contribution >= 4 is 17.4 Å². The highest BCUT2D eigenvalue weighted by molar-refractivity contribution is 7.98. The second kappa shape index (κ2) is 5.95. The molecule has 1 aromatic carbocycles. The number of benzene rings is 1. The number of hydrogen-bond acceptors (Lipinski definition) is 4. The van der Waals surface area contributed by atoms with Crippen LogP contribution in [0.1, 0.15) is 5.56 Å². The molecule has 0 heterocycles. The highest BCUT2D eigenvalue weighted by Gasteiger charge is 2.05. The van der Waals surface area contributed by atoms with E-state index in [0.29, 0.717) is 22.8 Å². The summed E-state index contributed by atoms with van der Waals surface area (Å²) in [4.78, 5) is 0. The molecule has 0 amide bonds. The molecule has 5 heteroatoms. The van der Waals surface area contributed by atoms with Gasteiger partial charge in [0.2, 0.25) is 0 Å². The number of nitrogen functional groups attached to an aromatic ring is 1. The van der Waals surface area contributed by atoms with Crippen LogP contribution < -0.4 is 5.73 Å². The standard InChI is InChI=1S/C10H14FNO2S/c11-10-3-8(12)2-1-7(10)5-15-6-9(14)4-13/h1-3,9,13-14H,4-6,12H2. The summed E-state index contributed by atoms with van der Waals surface area (Å²) in [6, 6.07) is 4.54. The molecular weight excluding hydrogens is 217 g/mol. The molecule has 1 aromatic rings. The van der Waals surface area contributed by atoms with Crippen molar-refractivity contribution in [1.29, 1.82) is 0 Å². The van der Waals surface area contributed by atoms with E-state index in [1.165, 1.54) is 17.8 Å². The number of anilines is 1. The molecule has 0 aliphatic rings. The third-order valence-corrected chi connectivity index (χ3v) is 2.99. The third kappa shape index (κ3) is 4.07. The maximum atomic E-state index is 13.3. The van der Waals surface area contributed by atoms with Crippen LogP contribution in [0.3, 0.4) is 0 Å². The van der Waals surface area contributed by atoms with Gasteiger partial charge in [-0.25, -0.2) is 4.39 Å². The van der Waals surface area contributed by atoms with Crippen LogP contribution in [0.5, 0.6) is 0 Å². The van der Waals surface area contributed by atoms with E-state index in [2.05, 4.69) is 0 Å². The smallest absolute Gasteiger partial charge is 0.129 e. The Hall–Kier alpha value is -0.780. The molecule has 4 N–H and O–H groups in total. The zero-order valence-electron chi connectivity index (χ0n) is 8.19. The van der Waals surface area contributed by atoms with Crippen molar-refractivity contribution < 1.29 is 14.6 Å². The molecular formula is C10H14FNO2S. The Labute approximate surface area is 92.1 Å². The van der Waals surface area contributed by atoms with Crippen molar-refractivity contribution in [3.63, 3.8) is 0 Å². The van der Waals surface area contributed by atoms with Gasteiger partial charge in [0.05, 0.1) is 12.7 Å². The zero-order valence-corrected chi connectivity index (χ0v) is 9.01. The first-order chi connectivity index (χ1) is 7.13. The van der Waals surface area contributed by atoms with Crippen LogP contribution in [0.25, 0.3) is 0 Å². The van der Waals surface area contributed by atoms with E-state index < -0.39 is 6.10 Å². The van der Waals surface area contributed by atoms with Crippen LogP contribution in [0.15, 0.2) is 18.2 Å². The van der Waals surface area contributed by atoms with Gasteiger partial charge in [-0.3, -0.25) is 0 Å². The van der Waals surface area contributed by atoms with Crippen molar-refractivity contribution in [3.8, 4) is 0 Å². The molecule has 0 saturated carbocycles. The van der Waals surface area contributed by atoms with Crippen LogP contribution in [-0.2, 0) is 5.75 Å². The maximum absolute atomic E-state index is 13.3. The predicted octanol–water partition coefficient (Wildman–Crippen LogP) is 0.994.